The molecular weight excluding hydrogens is 348 g/mol. The van der Waals surface area contributed by atoms with Crippen LogP contribution < -0.4 is 10.1 Å². The van der Waals surface area contributed by atoms with Gasteiger partial charge in [0, 0.05) is 17.9 Å². The molecule has 24 heavy (non-hydrogen) atoms. The first-order chi connectivity index (χ1) is 11.6. The van der Waals surface area contributed by atoms with Crippen LogP contribution in [0.4, 0.5) is 5.13 Å². The lowest BCUT2D eigenvalue weighted by Crippen LogP contribution is -2.13. The SMILES string of the molecule is COc1ccc(-c2csc(NC(=O)CSc3nnc(C)o3)n2)cc1. The lowest BCUT2D eigenvalue weighted by atomic mass is 10.2. The molecule has 0 saturated heterocycles. The molecule has 0 aliphatic heterocycles. The van der Waals surface area contributed by atoms with Gasteiger partial charge < -0.3 is 14.5 Å². The topological polar surface area (TPSA) is 90.1 Å². The van der Waals surface area contributed by atoms with Crippen molar-refractivity contribution < 1.29 is 13.9 Å². The van der Waals surface area contributed by atoms with E-state index in [4.69, 9.17) is 9.15 Å². The number of hydrogen-bond acceptors (Lipinski definition) is 8. The van der Waals surface area contributed by atoms with Crippen molar-refractivity contribution in [1.29, 1.82) is 0 Å². The van der Waals surface area contributed by atoms with Gasteiger partial charge in [0.1, 0.15) is 5.75 Å². The molecule has 3 rings (SSSR count). The van der Waals surface area contributed by atoms with Crippen molar-refractivity contribution >= 4 is 34.1 Å². The second-order valence-corrected chi connectivity index (χ2v) is 6.47. The van der Waals surface area contributed by atoms with Gasteiger partial charge in [0.2, 0.25) is 11.8 Å². The zero-order chi connectivity index (χ0) is 16.9. The summed E-state index contributed by atoms with van der Waals surface area (Å²) in [7, 11) is 1.62. The highest BCUT2D eigenvalue weighted by atomic mass is 32.2. The minimum Gasteiger partial charge on any atom is -0.497 e. The summed E-state index contributed by atoms with van der Waals surface area (Å²) in [4.78, 5) is 16.4. The van der Waals surface area contributed by atoms with Crippen LogP contribution in [0.5, 0.6) is 5.75 Å². The van der Waals surface area contributed by atoms with E-state index in [2.05, 4.69) is 20.5 Å². The van der Waals surface area contributed by atoms with Crippen molar-refractivity contribution in [2.45, 2.75) is 12.1 Å². The van der Waals surface area contributed by atoms with E-state index in [1.54, 1.807) is 14.0 Å². The van der Waals surface area contributed by atoms with Crippen LogP contribution in [0, 0.1) is 6.92 Å². The van der Waals surface area contributed by atoms with E-state index in [0.717, 1.165) is 17.0 Å². The Labute approximate surface area is 146 Å². The molecule has 0 bridgehead atoms. The van der Waals surface area contributed by atoms with Gasteiger partial charge >= 0.3 is 0 Å². The standard InChI is InChI=1S/C15H14N4O3S2/c1-9-18-19-15(22-9)24-8-13(20)17-14-16-12(7-23-14)10-3-5-11(21-2)6-4-10/h3-7H,8H2,1-2H3,(H,16,17,20). The molecule has 0 aliphatic carbocycles. The normalized spacial score (nSPS) is 10.6. The number of aromatic nitrogens is 3. The molecule has 1 amide bonds. The van der Waals surface area contributed by atoms with E-state index in [9.17, 15) is 4.79 Å². The third-order valence-corrected chi connectivity index (χ3v) is 4.55. The van der Waals surface area contributed by atoms with E-state index in [-0.39, 0.29) is 11.7 Å². The molecule has 124 valence electrons. The first kappa shape index (κ1) is 16.5. The highest BCUT2D eigenvalue weighted by molar-refractivity contribution is 7.99. The van der Waals surface area contributed by atoms with Crippen LogP contribution in [0.2, 0.25) is 0 Å². The van der Waals surface area contributed by atoms with Crippen molar-refractivity contribution in [2.24, 2.45) is 0 Å². The second kappa shape index (κ2) is 7.45. The number of nitrogens with one attached hydrogen (secondary N) is 1. The van der Waals surface area contributed by atoms with Gasteiger partial charge in [-0.3, -0.25) is 4.79 Å². The van der Waals surface area contributed by atoms with Crippen molar-refractivity contribution in [3.63, 3.8) is 0 Å². The summed E-state index contributed by atoms with van der Waals surface area (Å²) >= 11 is 2.56. The number of aryl methyl sites for hydroxylation is 1. The maximum absolute atomic E-state index is 12.0. The number of carbonyl (C=O) groups is 1. The van der Waals surface area contributed by atoms with Crippen molar-refractivity contribution in [1.82, 2.24) is 15.2 Å². The highest BCUT2D eigenvalue weighted by Crippen LogP contribution is 2.26. The first-order valence-electron chi connectivity index (χ1n) is 6.97. The molecule has 2 heterocycles. The van der Waals surface area contributed by atoms with Gasteiger partial charge in [0.05, 0.1) is 18.6 Å². The van der Waals surface area contributed by atoms with E-state index < -0.39 is 0 Å². The molecule has 1 N–H and O–H groups in total. The van der Waals surface area contributed by atoms with Crippen LogP contribution in [0.1, 0.15) is 5.89 Å². The number of thioether (sulfide) groups is 1. The smallest absolute Gasteiger partial charge is 0.277 e. The third kappa shape index (κ3) is 4.12. The van der Waals surface area contributed by atoms with Gasteiger partial charge in [0.25, 0.3) is 5.22 Å². The maximum Gasteiger partial charge on any atom is 0.277 e. The van der Waals surface area contributed by atoms with Crippen LogP contribution in [0.15, 0.2) is 39.3 Å². The van der Waals surface area contributed by atoms with E-state index in [0.29, 0.717) is 16.2 Å². The molecule has 0 spiro atoms. The van der Waals surface area contributed by atoms with E-state index in [1.807, 2.05) is 29.6 Å². The average molecular weight is 362 g/mol. The second-order valence-electron chi connectivity index (χ2n) is 4.69. The number of nitrogens with zero attached hydrogens (tertiary/aromatic N) is 3. The summed E-state index contributed by atoms with van der Waals surface area (Å²) in [5.41, 5.74) is 1.77. The first-order valence-corrected chi connectivity index (χ1v) is 8.83. The molecule has 9 heteroatoms. The summed E-state index contributed by atoms with van der Waals surface area (Å²) in [5.74, 6) is 1.27. The predicted octanol–water partition coefficient (Wildman–Crippen LogP) is 3.24. The van der Waals surface area contributed by atoms with Crippen LogP contribution in [-0.4, -0.2) is 34.0 Å². The zero-order valence-electron chi connectivity index (χ0n) is 13.0. The molecule has 0 atom stereocenters. The van der Waals surface area contributed by atoms with Gasteiger partial charge in [-0.2, -0.15) is 0 Å². The highest BCUT2D eigenvalue weighted by Gasteiger charge is 2.11. The fourth-order valence-electron chi connectivity index (χ4n) is 1.84. The Balaban J connectivity index is 1.57. The molecule has 0 radical (unpaired) electrons. The number of methoxy groups -OCH3 is 1. The number of benzene rings is 1. The largest absolute Gasteiger partial charge is 0.497 e. The molecule has 0 fully saturated rings. The molecular formula is C15H14N4O3S2. The summed E-state index contributed by atoms with van der Waals surface area (Å²) in [5, 5.41) is 13.1. The number of hydrogen-bond donors (Lipinski definition) is 1. The van der Waals surface area contributed by atoms with Gasteiger partial charge in [0.15, 0.2) is 5.13 Å². The lowest BCUT2D eigenvalue weighted by Gasteiger charge is -2.01. The monoisotopic (exact) mass is 362 g/mol. The van der Waals surface area contributed by atoms with Crippen LogP contribution in [0.25, 0.3) is 11.3 Å². The Morgan fingerprint density at radius 2 is 2.12 bits per heavy atom. The number of amides is 1. The minimum absolute atomic E-state index is 0.175. The molecule has 2 aromatic heterocycles. The summed E-state index contributed by atoms with van der Waals surface area (Å²) in [6.07, 6.45) is 0. The van der Waals surface area contributed by atoms with Crippen molar-refractivity contribution in [2.75, 3.05) is 18.2 Å². The molecule has 1 aromatic carbocycles. The Morgan fingerprint density at radius 3 is 2.79 bits per heavy atom. The van der Waals surface area contributed by atoms with Gasteiger partial charge in [-0.15, -0.1) is 21.5 Å². The molecule has 0 saturated carbocycles. The maximum atomic E-state index is 12.0. The van der Waals surface area contributed by atoms with Gasteiger partial charge in [-0.05, 0) is 24.3 Å². The van der Waals surface area contributed by atoms with Crippen molar-refractivity contribution in [3.8, 4) is 17.0 Å². The molecule has 0 aliphatic rings. The molecule has 7 nitrogen and oxygen atoms in total. The molecule has 0 unspecified atom stereocenters. The number of anilines is 1. The minimum atomic E-state index is -0.175. The van der Waals surface area contributed by atoms with E-state index >= 15 is 0 Å². The zero-order valence-corrected chi connectivity index (χ0v) is 14.6. The predicted molar refractivity (Wildman–Crippen MR) is 92.5 cm³/mol. The quantitative estimate of drug-likeness (QED) is 0.673. The fraction of sp³-hybridized carbons (Fsp3) is 0.200. The Morgan fingerprint density at radius 1 is 1.33 bits per heavy atom. The fourth-order valence-corrected chi connectivity index (χ4v) is 3.19. The average Bonchev–Trinajstić information content (AvgIpc) is 3.22. The van der Waals surface area contributed by atoms with E-state index in [1.165, 1.54) is 23.1 Å². The summed E-state index contributed by atoms with van der Waals surface area (Å²) in [6.45, 7) is 1.70. The van der Waals surface area contributed by atoms with Gasteiger partial charge in [-0.25, -0.2) is 4.98 Å². The Bertz CT molecular complexity index is 829. The number of rotatable bonds is 6. The lowest BCUT2D eigenvalue weighted by molar-refractivity contribution is -0.113. The van der Waals surface area contributed by atoms with Crippen LogP contribution >= 0.6 is 23.1 Å². The number of thiazole rings is 1. The molecule has 3 aromatic rings. The van der Waals surface area contributed by atoms with Gasteiger partial charge in [-0.1, -0.05) is 11.8 Å². The van der Waals surface area contributed by atoms with Crippen LogP contribution in [-0.2, 0) is 4.79 Å². The van der Waals surface area contributed by atoms with Crippen molar-refractivity contribution in [3.05, 3.63) is 35.5 Å². The Hall–Kier alpha value is -2.39. The summed E-state index contributed by atoms with van der Waals surface area (Å²) in [6, 6.07) is 7.59. The van der Waals surface area contributed by atoms with Crippen LogP contribution in [0.3, 0.4) is 0 Å². The number of ether oxygens (including phenoxy) is 1. The number of carbonyl (C=O) groups excluding carboxylic acids is 1. The third-order valence-electron chi connectivity index (χ3n) is 2.97. The Kier molecular flexibility index (Phi) is 5.11. The summed E-state index contributed by atoms with van der Waals surface area (Å²) < 4.78 is 10.3.